The Morgan fingerprint density at radius 3 is 2.55 bits per heavy atom. The van der Waals surface area contributed by atoms with Crippen molar-refractivity contribution in [3.05, 3.63) is 12.4 Å². The number of hydrogen-bond acceptors (Lipinski definition) is 4. The van der Waals surface area contributed by atoms with Crippen LogP contribution in [-0.2, 0) is 0 Å². The van der Waals surface area contributed by atoms with Crippen molar-refractivity contribution in [2.75, 3.05) is 11.1 Å². The fraction of sp³-hybridized carbons (Fsp3) is 0.429. The number of nitrogens with zero attached hydrogens (tertiary/aromatic N) is 2. The second-order valence-corrected chi connectivity index (χ2v) is 2.76. The summed E-state index contributed by atoms with van der Waals surface area (Å²) in [6.07, 6.45) is 5.68. The fourth-order valence-corrected chi connectivity index (χ4v) is 0.823. The van der Waals surface area contributed by atoms with Crippen molar-refractivity contribution in [2.24, 2.45) is 0 Å². The molecule has 0 unspecified atom stereocenters. The van der Waals surface area contributed by atoms with Crippen LogP contribution < -0.4 is 11.1 Å². The molecule has 0 radical (unpaired) electrons. The Morgan fingerprint density at radius 1 is 1.36 bits per heavy atom. The first-order valence-corrected chi connectivity index (χ1v) is 3.68. The lowest BCUT2D eigenvalue weighted by molar-refractivity contribution is 1.06. The van der Waals surface area contributed by atoms with Gasteiger partial charge in [-0.2, -0.15) is 0 Å². The lowest BCUT2D eigenvalue weighted by atomic mass is 10.5. The van der Waals surface area contributed by atoms with Crippen molar-refractivity contribution < 1.29 is 0 Å². The maximum absolute atomic E-state index is 5.42. The Labute approximate surface area is 64.8 Å². The summed E-state index contributed by atoms with van der Waals surface area (Å²) in [5.74, 6) is 0.682. The predicted octanol–water partition coefficient (Wildman–Crippen LogP) is 0.633. The number of hydrogen-bond donors (Lipinski definition) is 2. The molecule has 1 fully saturated rings. The van der Waals surface area contributed by atoms with Gasteiger partial charge in [-0.25, -0.2) is 9.97 Å². The Bertz CT molecular complexity index is 239. The van der Waals surface area contributed by atoms with E-state index in [2.05, 4.69) is 15.3 Å². The highest BCUT2D eigenvalue weighted by Gasteiger charge is 2.21. The molecule has 0 atom stereocenters. The van der Waals surface area contributed by atoms with Crippen molar-refractivity contribution in [3.63, 3.8) is 0 Å². The molecule has 1 heterocycles. The van der Waals surface area contributed by atoms with Crippen LogP contribution in [0.3, 0.4) is 0 Å². The smallest absolute Gasteiger partial charge is 0.222 e. The Hall–Kier alpha value is -1.32. The number of rotatable bonds is 2. The second-order valence-electron chi connectivity index (χ2n) is 2.76. The minimum atomic E-state index is 0.596. The quantitative estimate of drug-likeness (QED) is 0.649. The van der Waals surface area contributed by atoms with E-state index in [0.29, 0.717) is 17.7 Å². The van der Waals surface area contributed by atoms with Crippen molar-refractivity contribution in [1.82, 2.24) is 9.97 Å². The molecule has 1 aliphatic rings. The Morgan fingerprint density at radius 2 is 2.00 bits per heavy atom. The van der Waals surface area contributed by atoms with Gasteiger partial charge in [0.1, 0.15) is 0 Å². The largest absolute Gasteiger partial charge is 0.396 e. The number of anilines is 2. The maximum Gasteiger partial charge on any atom is 0.222 e. The molecule has 0 bridgehead atoms. The van der Waals surface area contributed by atoms with Crippen LogP contribution in [0.2, 0.25) is 0 Å². The van der Waals surface area contributed by atoms with Gasteiger partial charge in [-0.05, 0) is 12.8 Å². The Balaban J connectivity index is 2.06. The van der Waals surface area contributed by atoms with Crippen molar-refractivity contribution in [2.45, 2.75) is 18.9 Å². The van der Waals surface area contributed by atoms with Gasteiger partial charge in [-0.3, -0.25) is 0 Å². The summed E-state index contributed by atoms with van der Waals surface area (Å²) in [5, 5.41) is 3.17. The van der Waals surface area contributed by atoms with Gasteiger partial charge in [-0.1, -0.05) is 0 Å². The van der Waals surface area contributed by atoms with E-state index in [1.807, 2.05) is 0 Å². The van der Waals surface area contributed by atoms with E-state index in [9.17, 15) is 0 Å². The molecule has 0 spiro atoms. The summed E-state index contributed by atoms with van der Waals surface area (Å²) in [7, 11) is 0. The van der Waals surface area contributed by atoms with Gasteiger partial charge in [0.2, 0.25) is 5.95 Å². The maximum atomic E-state index is 5.42. The topological polar surface area (TPSA) is 63.8 Å². The van der Waals surface area contributed by atoms with E-state index in [0.717, 1.165) is 0 Å². The first-order chi connectivity index (χ1) is 5.34. The zero-order chi connectivity index (χ0) is 7.68. The summed E-state index contributed by atoms with van der Waals surface area (Å²) in [4.78, 5) is 8.02. The average molecular weight is 150 g/mol. The SMILES string of the molecule is Nc1cnc(NC2CC2)nc1. The zero-order valence-electron chi connectivity index (χ0n) is 6.12. The third kappa shape index (κ3) is 1.58. The number of nitrogen functional groups attached to an aromatic ring is 1. The summed E-state index contributed by atoms with van der Waals surface area (Å²) in [6, 6.07) is 0.596. The Kier molecular flexibility index (Phi) is 1.38. The third-order valence-corrected chi connectivity index (χ3v) is 1.58. The van der Waals surface area contributed by atoms with Crippen molar-refractivity contribution in [1.29, 1.82) is 0 Å². The second kappa shape index (κ2) is 2.38. The van der Waals surface area contributed by atoms with Gasteiger partial charge >= 0.3 is 0 Å². The summed E-state index contributed by atoms with van der Waals surface area (Å²) in [6.45, 7) is 0. The molecule has 3 N–H and O–H groups in total. The normalized spacial score (nSPS) is 16.4. The van der Waals surface area contributed by atoms with Crippen molar-refractivity contribution >= 4 is 11.6 Å². The van der Waals surface area contributed by atoms with E-state index in [-0.39, 0.29) is 0 Å². The molecular formula is C7H10N4. The molecule has 0 aromatic carbocycles. The molecule has 58 valence electrons. The molecule has 1 aromatic heterocycles. The van der Waals surface area contributed by atoms with Gasteiger partial charge in [-0.15, -0.1) is 0 Å². The van der Waals surface area contributed by atoms with Crippen LogP contribution in [0, 0.1) is 0 Å². The summed E-state index contributed by atoms with van der Waals surface area (Å²) >= 11 is 0. The average Bonchev–Trinajstić information content (AvgIpc) is 2.78. The molecule has 4 heteroatoms. The van der Waals surface area contributed by atoms with Crippen LogP contribution in [0.25, 0.3) is 0 Å². The summed E-state index contributed by atoms with van der Waals surface area (Å²) in [5.41, 5.74) is 6.02. The van der Waals surface area contributed by atoms with Crippen LogP contribution in [0.1, 0.15) is 12.8 Å². The molecule has 4 nitrogen and oxygen atoms in total. The molecule has 0 amide bonds. The van der Waals surface area contributed by atoms with Gasteiger partial charge < -0.3 is 11.1 Å². The third-order valence-electron chi connectivity index (χ3n) is 1.58. The molecule has 1 saturated carbocycles. The van der Waals surface area contributed by atoms with Crippen molar-refractivity contribution in [3.8, 4) is 0 Å². The lowest BCUT2D eigenvalue weighted by Gasteiger charge is -2.00. The molecule has 0 aliphatic heterocycles. The first-order valence-electron chi connectivity index (χ1n) is 3.68. The molecular weight excluding hydrogens is 140 g/mol. The van der Waals surface area contributed by atoms with Gasteiger partial charge in [0.25, 0.3) is 0 Å². The van der Waals surface area contributed by atoms with Crippen LogP contribution in [0.15, 0.2) is 12.4 Å². The van der Waals surface area contributed by atoms with Gasteiger partial charge in [0.15, 0.2) is 0 Å². The minimum absolute atomic E-state index is 0.596. The molecule has 11 heavy (non-hydrogen) atoms. The minimum Gasteiger partial charge on any atom is -0.396 e. The molecule has 1 aliphatic carbocycles. The number of nitrogens with two attached hydrogens (primary N) is 1. The predicted molar refractivity (Wildman–Crippen MR) is 43.1 cm³/mol. The van der Waals surface area contributed by atoms with Gasteiger partial charge in [0.05, 0.1) is 18.1 Å². The highest BCUT2D eigenvalue weighted by atomic mass is 15.1. The molecule has 1 aromatic rings. The van der Waals surface area contributed by atoms with Crippen LogP contribution in [0.4, 0.5) is 11.6 Å². The van der Waals surface area contributed by atoms with Crippen LogP contribution in [-0.4, -0.2) is 16.0 Å². The van der Waals surface area contributed by atoms with E-state index in [4.69, 9.17) is 5.73 Å². The highest BCUT2D eigenvalue weighted by Crippen LogP contribution is 2.22. The van der Waals surface area contributed by atoms with E-state index in [1.54, 1.807) is 12.4 Å². The van der Waals surface area contributed by atoms with E-state index >= 15 is 0 Å². The monoisotopic (exact) mass is 150 g/mol. The standard InChI is InChI=1S/C7H10N4/c8-5-3-9-7(10-4-5)11-6-1-2-6/h3-4,6H,1-2,8H2,(H,9,10,11). The number of aromatic nitrogens is 2. The zero-order valence-corrected chi connectivity index (χ0v) is 6.12. The molecule has 0 saturated heterocycles. The first kappa shape index (κ1) is 6.39. The highest BCUT2D eigenvalue weighted by molar-refractivity contribution is 5.36. The van der Waals surface area contributed by atoms with Crippen LogP contribution >= 0.6 is 0 Å². The fourth-order valence-electron chi connectivity index (χ4n) is 0.823. The van der Waals surface area contributed by atoms with E-state index < -0.39 is 0 Å². The molecule has 2 rings (SSSR count). The van der Waals surface area contributed by atoms with Gasteiger partial charge in [0, 0.05) is 6.04 Å². The summed E-state index contributed by atoms with van der Waals surface area (Å²) < 4.78 is 0. The van der Waals surface area contributed by atoms with E-state index in [1.165, 1.54) is 12.8 Å². The number of nitrogens with one attached hydrogen (secondary N) is 1. The lowest BCUT2D eigenvalue weighted by Crippen LogP contribution is -2.05. The van der Waals surface area contributed by atoms with Crippen LogP contribution in [0.5, 0.6) is 0 Å².